The first-order valence-corrected chi connectivity index (χ1v) is 6.62. The van der Waals surface area contributed by atoms with E-state index in [2.05, 4.69) is 0 Å². The van der Waals surface area contributed by atoms with Gasteiger partial charge in [-0.1, -0.05) is 23.2 Å². The highest BCUT2D eigenvalue weighted by molar-refractivity contribution is 8.00. The van der Waals surface area contributed by atoms with Gasteiger partial charge in [0.25, 0.3) is 0 Å². The van der Waals surface area contributed by atoms with Crippen LogP contribution in [0, 0.1) is 5.92 Å². The molecule has 0 aliphatic carbocycles. The van der Waals surface area contributed by atoms with Crippen molar-refractivity contribution in [2.75, 3.05) is 11.5 Å². The maximum Gasteiger partial charge on any atom is 0.146 e. The van der Waals surface area contributed by atoms with E-state index in [1.807, 2.05) is 6.07 Å². The van der Waals surface area contributed by atoms with Gasteiger partial charge in [-0.05, 0) is 30.2 Å². The fraction of sp³-hybridized carbons (Fsp3) is 0.364. The van der Waals surface area contributed by atoms with Gasteiger partial charge in [-0.3, -0.25) is 4.79 Å². The van der Waals surface area contributed by atoms with E-state index in [1.165, 1.54) is 0 Å². The molecule has 1 aliphatic heterocycles. The molecule has 0 spiro atoms. The Morgan fingerprint density at radius 1 is 1.40 bits per heavy atom. The summed E-state index contributed by atoms with van der Waals surface area (Å²) in [4.78, 5) is 11.5. The van der Waals surface area contributed by atoms with Crippen LogP contribution in [-0.2, 0) is 11.2 Å². The second-order valence-corrected chi connectivity index (χ2v) is 5.49. The lowest BCUT2D eigenvalue weighted by Gasteiger charge is -2.09. The molecule has 1 aromatic rings. The van der Waals surface area contributed by atoms with Crippen LogP contribution >= 0.6 is 35.0 Å². The summed E-state index contributed by atoms with van der Waals surface area (Å²) in [6.07, 6.45) is 0.714. The summed E-state index contributed by atoms with van der Waals surface area (Å²) in [5, 5.41) is 1.37. The highest BCUT2D eigenvalue weighted by atomic mass is 35.5. The zero-order valence-electron chi connectivity index (χ0n) is 8.00. The zero-order chi connectivity index (χ0) is 10.8. The van der Waals surface area contributed by atoms with E-state index in [0.29, 0.717) is 28.0 Å². The van der Waals surface area contributed by atoms with E-state index in [1.54, 1.807) is 23.9 Å². The van der Waals surface area contributed by atoms with Crippen molar-refractivity contribution < 1.29 is 4.79 Å². The van der Waals surface area contributed by atoms with E-state index in [9.17, 15) is 4.79 Å². The fourth-order valence-electron chi connectivity index (χ4n) is 1.65. The maximum absolute atomic E-state index is 11.5. The molecule has 0 radical (unpaired) electrons. The predicted octanol–water partition coefficient (Wildman–Crippen LogP) is 3.47. The van der Waals surface area contributed by atoms with Crippen LogP contribution in [0.5, 0.6) is 0 Å². The summed E-state index contributed by atoms with van der Waals surface area (Å²) in [5.41, 5.74) is 0.977. The molecule has 1 atom stereocenters. The number of benzene rings is 1. The van der Waals surface area contributed by atoms with Crippen LogP contribution in [0.25, 0.3) is 0 Å². The molecular formula is C11H10Cl2OS. The number of Topliss-reactive ketones (excluding diaryl/α,β-unsaturated/α-hetero) is 1. The number of carbonyl (C=O) groups excluding carboxylic acids is 1. The molecule has 15 heavy (non-hydrogen) atoms. The lowest BCUT2D eigenvalue weighted by Crippen LogP contribution is -2.14. The van der Waals surface area contributed by atoms with Gasteiger partial charge in [0.1, 0.15) is 5.78 Å². The summed E-state index contributed by atoms with van der Waals surface area (Å²) in [6, 6.07) is 5.39. The van der Waals surface area contributed by atoms with Crippen LogP contribution in [0.1, 0.15) is 5.56 Å². The summed E-state index contributed by atoms with van der Waals surface area (Å²) < 4.78 is 0. The van der Waals surface area contributed by atoms with Gasteiger partial charge >= 0.3 is 0 Å². The molecule has 1 unspecified atom stereocenters. The van der Waals surface area contributed by atoms with Crippen LogP contribution in [0.4, 0.5) is 0 Å². The monoisotopic (exact) mass is 260 g/mol. The fourth-order valence-corrected chi connectivity index (χ4v) is 3.18. The highest BCUT2D eigenvalue weighted by Gasteiger charge is 2.25. The molecule has 1 aliphatic rings. The van der Waals surface area contributed by atoms with E-state index in [-0.39, 0.29) is 5.92 Å². The van der Waals surface area contributed by atoms with E-state index < -0.39 is 0 Å². The van der Waals surface area contributed by atoms with Crippen molar-refractivity contribution in [3.05, 3.63) is 33.8 Å². The number of hydrogen-bond acceptors (Lipinski definition) is 2. The Hall–Kier alpha value is -0.180. The Morgan fingerprint density at radius 2 is 2.20 bits per heavy atom. The standard InChI is InChI=1S/C11H10Cl2OS/c12-9-1-2-10(13)7(4-9)3-8-5-15-6-11(8)14/h1-2,4,8H,3,5-6H2. The van der Waals surface area contributed by atoms with Gasteiger partial charge in [0.15, 0.2) is 0 Å². The smallest absolute Gasteiger partial charge is 0.146 e. The van der Waals surface area contributed by atoms with Gasteiger partial charge in [0.2, 0.25) is 0 Å². The maximum atomic E-state index is 11.5. The van der Waals surface area contributed by atoms with Crippen LogP contribution in [-0.4, -0.2) is 17.3 Å². The number of rotatable bonds is 2. The molecule has 0 N–H and O–H groups in total. The first-order valence-electron chi connectivity index (χ1n) is 4.71. The summed E-state index contributed by atoms with van der Waals surface area (Å²) in [5.74, 6) is 1.99. The van der Waals surface area contributed by atoms with Crippen molar-refractivity contribution in [3.63, 3.8) is 0 Å². The second-order valence-electron chi connectivity index (χ2n) is 3.62. The van der Waals surface area contributed by atoms with Crippen LogP contribution in [0.2, 0.25) is 10.0 Å². The average molecular weight is 261 g/mol. The first-order chi connectivity index (χ1) is 7.16. The molecule has 2 rings (SSSR count). The normalized spacial score (nSPS) is 20.9. The molecule has 4 heteroatoms. The van der Waals surface area contributed by atoms with Crippen LogP contribution in [0.3, 0.4) is 0 Å². The SMILES string of the molecule is O=C1CSCC1Cc1cc(Cl)ccc1Cl. The number of ketones is 1. The highest BCUT2D eigenvalue weighted by Crippen LogP contribution is 2.28. The molecule has 1 saturated heterocycles. The summed E-state index contributed by atoms with van der Waals surface area (Å²) in [7, 11) is 0. The molecule has 1 heterocycles. The molecule has 80 valence electrons. The van der Waals surface area contributed by atoms with Crippen molar-refractivity contribution in [1.82, 2.24) is 0 Å². The van der Waals surface area contributed by atoms with E-state index in [4.69, 9.17) is 23.2 Å². The third-order valence-electron chi connectivity index (χ3n) is 2.49. The molecular weight excluding hydrogens is 251 g/mol. The summed E-state index contributed by atoms with van der Waals surface area (Å²) >= 11 is 13.6. The molecule has 0 saturated carbocycles. The lowest BCUT2D eigenvalue weighted by atomic mass is 9.98. The third-order valence-corrected chi connectivity index (χ3v) is 4.22. The average Bonchev–Trinajstić information content (AvgIpc) is 2.58. The van der Waals surface area contributed by atoms with Crippen molar-refractivity contribution in [2.24, 2.45) is 5.92 Å². The largest absolute Gasteiger partial charge is 0.298 e. The molecule has 1 fully saturated rings. The van der Waals surface area contributed by atoms with Gasteiger partial charge in [-0.25, -0.2) is 0 Å². The molecule has 0 bridgehead atoms. The Bertz CT molecular complexity index is 392. The third kappa shape index (κ3) is 2.68. The zero-order valence-corrected chi connectivity index (χ0v) is 10.3. The Labute approximate surface area is 103 Å². The predicted molar refractivity (Wildman–Crippen MR) is 66.0 cm³/mol. The van der Waals surface area contributed by atoms with Gasteiger partial charge in [0, 0.05) is 21.7 Å². The topological polar surface area (TPSA) is 17.1 Å². The second kappa shape index (κ2) is 4.77. The molecule has 0 aromatic heterocycles. The Balaban J connectivity index is 2.16. The van der Waals surface area contributed by atoms with Crippen molar-refractivity contribution in [3.8, 4) is 0 Å². The molecule has 1 nitrogen and oxygen atoms in total. The minimum atomic E-state index is 0.117. The van der Waals surface area contributed by atoms with Crippen molar-refractivity contribution in [2.45, 2.75) is 6.42 Å². The van der Waals surface area contributed by atoms with Crippen LogP contribution in [0.15, 0.2) is 18.2 Å². The van der Waals surface area contributed by atoms with Gasteiger partial charge < -0.3 is 0 Å². The van der Waals surface area contributed by atoms with Gasteiger partial charge in [-0.2, -0.15) is 11.8 Å². The lowest BCUT2D eigenvalue weighted by molar-refractivity contribution is -0.119. The van der Waals surface area contributed by atoms with Crippen molar-refractivity contribution >= 4 is 40.7 Å². The van der Waals surface area contributed by atoms with Crippen molar-refractivity contribution in [1.29, 1.82) is 0 Å². The van der Waals surface area contributed by atoms with Gasteiger partial charge in [-0.15, -0.1) is 0 Å². The first kappa shape index (κ1) is 11.3. The quantitative estimate of drug-likeness (QED) is 0.810. The van der Waals surface area contributed by atoms with Gasteiger partial charge in [0.05, 0.1) is 5.75 Å². The number of hydrogen-bond donors (Lipinski definition) is 0. The number of thioether (sulfide) groups is 1. The Kier molecular flexibility index (Phi) is 3.60. The van der Waals surface area contributed by atoms with Crippen LogP contribution < -0.4 is 0 Å². The minimum Gasteiger partial charge on any atom is -0.298 e. The van der Waals surface area contributed by atoms with E-state index >= 15 is 0 Å². The number of halogens is 2. The molecule has 0 amide bonds. The Morgan fingerprint density at radius 3 is 2.87 bits per heavy atom. The molecule has 1 aromatic carbocycles. The number of carbonyl (C=O) groups is 1. The van der Waals surface area contributed by atoms with E-state index in [0.717, 1.165) is 11.3 Å². The minimum absolute atomic E-state index is 0.117. The summed E-state index contributed by atoms with van der Waals surface area (Å²) in [6.45, 7) is 0.